The van der Waals surface area contributed by atoms with Gasteiger partial charge in [-0.05, 0) is 30.3 Å². The van der Waals surface area contributed by atoms with Crippen LogP contribution in [0.5, 0.6) is 0 Å². The molecule has 4 rings (SSSR count). The van der Waals surface area contributed by atoms with Gasteiger partial charge in [-0.1, -0.05) is 41.9 Å². The quantitative estimate of drug-likeness (QED) is 0.603. The summed E-state index contributed by atoms with van der Waals surface area (Å²) >= 11 is 6.00. The normalized spacial score (nSPS) is 14.8. The Hall–Kier alpha value is -2.78. The zero-order valence-electron chi connectivity index (χ0n) is 12.0. The molecule has 3 nitrogen and oxygen atoms in total. The number of hydrogen-bond acceptors (Lipinski definition) is 3. The Balaban J connectivity index is 1.70. The molecule has 23 heavy (non-hydrogen) atoms. The lowest BCUT2D eigenvalue weighted by Crippen LogP contribution is -1.92. The fourth-order valence-electron chi connectivity index (χ4n) is 2.55. The topological polar surface area (TPSA) is 39.4 Å². The number of ether oxygens (including phenoxy) is 1. The molecule has 3 aromatic rings. The van der Waals surface area contributed by atoms with E-state index >= 15 is 0 Å². The number of furan rings is 1. The number of fused-ring (bicyclic) bond motifs is 1. The Morgan fingerprint density at radius 1 is 0.913 bits per heavy atom. The first-order valence-corrected chi connectivity index (χ1v) is 7.47. The second-order valence-electron chi connectivity index (χ2n) is 5.16. The van der Waals surface area contributed by atoms with Crippen LogP contribution in [0.15, 0.2) is 65.1 Å². The van der Waals surface area contributed by atoms with E-state index in [2.05, 4.69) is 0 Å². The zero-order valence-corrected chi connectivity index (χ0v) is 12.7. The molecule has 2 aromatic carbocycles. The van der Waals surface area contributed by atoms with E-state index in [1.807, 2.05) is 54.6 Å². The average molecular weight is 323 g/mol. The Labute approximate surface area is 137 Å². The Morgan fingerprint density at radius 2 is 1.74 bits per heavy atom. The summed E-state index contributed by atoms with van der Waals surface area (Å²) < 4.78 is 11.1. The molecular formula is C19H11ClO3. The third-order valence-electron chi connectivity index (χ3n) is 3.62. The van der Waals surface area contributed by atoms with E-state index in [1.165, 1.54) is 0 Å². The molecule has 0 unspecified atom stereocenters. The van der Waals surface area contributed by atoms with Crippen LogP contribution in [0.4, 0.5) is 0 Å². The van der Waals surface area contributed by atoms with Crippen molar-refractivity contribution in [2.75, 3.05) is 0 Å². The van der Waals surface area contributed by atoms with Gasteiger partial charge in [0, 0.05) is 22.2 Å². The SMILES string of the molecule is O=C1OC(=Cc2ccc(-c3cccc(Cl)c3)o2)c2ccccc21. The van der Waals surface area contributed by atoms with Crippen molar-refractivity contribution < 1.29 is 13.9 Å². The van der Waals surface area contributed by atoms with E-state index in [9.17, 15) is 4.79 Å². The number of esters is 1. The van der Waals surface area contributed by atoms with Gasteiger partial charge in [0.2, 0.25) is 0 Å². The van der Waals surface area contributed by atoms with Crippen LogP contribution < -0.4 is 0 Å². The molecule has 0 atom stereocenters. The number of halogens is 1. The molecule has 0 saturated heterocycles. The lowest BCUT2D eigenvalue weighted by Gasteiger charge is -1.98. The van der Waals surface area contributed by atoms with Gasteiger partial charge in [-0.3, -0.25) is 0 Å². The van der Waals surface area contributed by atoms with E-state index in [0.29, 0.717) is 27.9 Å². The summed E-state index contributed by atoms with van der Waals surface area (Å²) in [5, 5.41) is 0.650. The van der Waals surface area contributed by atoms with E-state index < -0.39 is 0 Å². The lowest BCUT2D eigenvalue weighted by atomic mass is 10.1. The molecule has 0 fully saturated rings. The summed E-state index contributed by atoms with van der Waals surface area (Å²) in [5.41, 5.74) is 2.24. The molecule has 2 heterocycles. The van der Waals surface area contributed by atoms with Crippen molar-refractivity contribution in [2.24, 2.45) is 0 Å². The van der Waals surface area contributed by atoms with Crippen LogP contribution in [0.1, 0.15) is 21.7 Å². The second kappa shape index (κ2) is 5.45. The summed E-state index contributed by atoms with van der Waals surface area (Å²) in [6.45, 7) is 0. The Kier molecular flexibility index (Phi) is 3.28. The number of carbonyl (C=O) groups excluding carboxylic acids is 1. The summed E-state index contributed by atoms with van der Waals surface area (Å²) in [7, 11) is 0. The fourth-order valence-corrected chi connectivity index (χ4v) is 2.74. The highest BCUT2D eigenvalue weighted by atomic mass is 35.5. The van der Waals surface area contributed by atoms with Gasteiger partial charge in [-0.25, -0.2) is 4.79 Å². The molecule has 1 aliphatic heterocycles. The molecule has 4 heteroatoms. The molecule has 1 aromatic heterocycles. The van der Waals surface area contributed by atoms with Crippen molar-refractivity contribution in [3.05, 3.63) is 82.6 Å². The first kappa shape index (κ1) is 13.9. The maximum absolute atomic E-state index is 11.8. The maximum atomic E-state index is 11.8. The van der Waals surface area contributed by atoms with Gasteiger partial charge in [0.1, 0.15) is 17.3 Å². The van der Waals surface area contributed by atoms with E-state index in [-0.39, 0.29) is 5.97 Å². The standard InChI is InChI=1S/C19H11ClO3/c20-13-5-3-4-12(10-13)17-9-8-14(22-17)11-18-15-6-1-2-7-16(15)19(21)23-18/h1-11H. The third-order valence-corrected chi connectivity index (χ3v) is 3.86. The van der Waals surface area contributed by atoms with Crippen LogP contribution in [0.25, 0.3) is 23.2 Å². The van der Waals surface area contributed by atoms with Gasteiger partial charge in [-0.2, -0.15) is 0 Å². The molecule has 0 aliphatic carbocycles. The van der Waals surface area contributed by atoms with Crippen LogP contribution in [0.3, 0.4) is 0 Å². The summed E-state index contributed by atoms with van der Waals surface area (Å²) in [4.78, 5) is 11.8. The number of rotatable bonds is 2. The highest BCUT2D eigenvalue weighted by molar-refractivity contribution is 6.30. The van der Waals surface area contributed by atoms with Gasteiger partial charge in [0.15, 0.2) is 0 Å². The number of hydrogen-bond donors (Lipinski definition) is 0. The third kappa shape index (κ3) is 2.56. The molecule has 1 aliphatic rings. The van der Waals surface area contributed by atoms with Crippen molar-refractivity contribution in [1.29, 1.82) is 0 Å². The minimum absolute atomic E-state index is 0.339. The highest BCUT2D eigenvalue weighted by Crippen LogP contribution is 2.32. The van der Waals surface area contributed by atoms with Crippen molar-refractivity contribution in [1.82, 2.24) is 0 Å². The van der Waals surface area contributed by atoms with E-state index in [4.69, 9.17) is 20.8 Å². The minimum atomic E-state index is -0.339. The smallest absolute Gasteiger partial charge is 0.344 e. The van der Waals surface area contributed by atoms with Crippen LogP contribution in [0, 0.1) is 0 Å². The van der Waals surface area contributed by atoms with Gasteiger partial charge in [-0.15, -0.1) is 0 Å². The fraction of sp³-hybridized carbons (Fsp3) is 0. The molecule has 0 amide bonds. The van der Waals surface area contributed by atoms with Crippen molar-refractivity contribution >= 4 is 29.4 Å². The number of cyclic esters (lactones) is 1. The lowest BCUT2D eigenvalue weighted by molar-refractivity contribution is 0.0717. The van der Waals surface area contributed by atoms with E-state index in [1.54, 1.807) is 12.1 Å². The predicted molar refractivity (Wildman–Crippen MR) is 88.9 cm³/mol. The number of benzene rings is 2. The zero-order chi connectivity index (χ0) is 15.8. The van der Waals surface area contributed by atoms with Crippen LogP contribution in [0.2, 0.25) is 5.02 Å². The van der Waals surface area contributed by atoms with Crippen molar-refractivity contribution in [3.8, 4) is 11.3 Å². The van der Waals surface area contributed by atoms with Gasteiger partial charge >= 0.3 is 5.97 Å². The van der Waals surface area contributed by atoms with Gasteiger partial charge in [0.25, 0.3) is 0 Å². The molecule has 0 N–H and O–H groups in total. The Bertz CT molecular complexity index is 937. The van der Waals surface area contributed by atoms with Crippen LogP contribution in [-0.4, -0.2) is 5.97 Å². The maximum Gasteiger partial charge on any atom is 0.344 e. The summed E-state index contributed by atoms with van der Waals surface area (Å²) in [6, 6.07) is 18.4. The molecule has 0 spiro atoms. The Morgan fingerprint density at radius 3 is 2.57 bits per heavy atom. The average Bonchev–Trinajstić information content (AvgIpc) is 3.14. The minimum Gasteiger partial charge on any atom is -0.457 e. The van der Waals surface area contributed by atoms with Crippen molar-refractivity contribution in [2.45, 2.75) is 0 Å². The van der Waals surface area contributed by atoms with Gasteiger partial charge in [0.05, 0.1) is 5.56 Å². The van der Waals surface area contributed by atoms with Crippen molar-refractivity contribution in [3.63, 3.8) is 0 Å². The van der Waals surface area contributed by atoms with Crippen LogP contribution in [-0.2, 0) is 4.74 Å². The van der Waals surface area contributed by atoms with Gasteiger partial charge < -0.3 is 9.15 Å². The highest BCUT2D eigenvalue weighted by Gasteiger charge is 2.25. The summed E-state index contributed by atoms with van der Waals surface area (Å²) in [6.07, 6.45) is 1.72. The largest absolute Gasteiger partial charge is 0.457 e. The predicted octanol–water partition coefficient (Wildman–Crippen LogP) is 5.27. The van der Waals surface area contributed by atoms with E-state index in [0.717, 1.165) is 11.1 Å². The first-order chi connectivity index (χ1) is 11.2. The molecule has 0 bridgehead atoms. The second-order valence-corrected chi connectivity index (χ2v) is 5.59. The molecule has 112 valence electrons. The molecule has 0 radical (unpaired) electrons. The van der Waals surface area contributed by atoms with Crippen LogP contribution >= 0.6 is 11.6 Å². The molecular weight excluding hydrogens is 312 g/mol. The number of carbonyl (C=O) groups is 1. The monoisotopic (exact) mass is 322 g/mol. The first-order valence-electron chi connectivity index (χ1n) is 7.10. The summed E-state index contributed by atoms with van der Waals surface area (Å²) in [5.74, 6) is 1.47. The molecule has 0 saturated carbocycles.